The van der Waals surface area contributed by atoms with Crippen molar-refractivity contribution in [3.05, 3.63) is 0 Å². The van der Waals surface area contributed by atoms with Crippen molar-refractivity contribution in [3.63, 3.8) is 0 Å². The minimum absolute atomic E-state index is 1.19. The molecule has 2 heterocycles. The first-order chi connectivity index (χ1) is 5.83. The molecule has 0 unspecified atom stereocenters. The van der Waals surface area contributed by atoms with Gasteiger partial charge in [0.15, 0.2) is 0 Å². The van der Waals surface area contributed by atoms with Gasteiger partial charge in [-0.15, -0.1) is 0 Å². The fourth-order valence-electron chi connectivity index (χ4n) is 1.13. The van der Waals surface area contributed by atoms with Crippen LogP contribution in [0, 0.1) is 0 Å². The molecule has 0 aliphatic carbocycles. The van der Waals surface area contributed by atoms with Gasteiger partial charge in [0.2, 0.25) is 0 Å². The van der Waals surface area contributed by atoms with Crippen LogP contribution in [0.25, 0.3) is 0 Å². The average Bonchev–Trinajstić information content (AvgIpc) is 1.83. The third kappa shape index (κ3) is 2.69. The maximum atomic E-state index is 5.24. The van der Waals surface area contributed by atoms with E-state index in [0.29, 0.717) is 0 Å². The minimum atomic E-state index is -1.49. The number of hydrogen-bond donors (Lipinski definition) is 0. The van der Waals surface area contributed by atoms with Gasteiger partial charge in [0, 0.05) is 23.7 Å². The third-order valence-corrected chi connectivity index (χ3v) is 7.70. The highest BCUT2D eigenvalue weighted by Crippen LogP contribution is 2.32. The van der Waals surface area contributed by atoms with E-state index in [1.807, 2.05) is 0 Å². The Kier molecular flexibility index (Phi) is 4.49. The molecule has 0 aromatic heterocycles. The molecular formula is C8H18O2Si2. The summed E-state index contributed by atoms with van der Waals surface area (Å²) in [6, 6.07) is 5.44. The monoisotopic (exact) mass is 202 g/mol. The number of rotatable bonds is 2. The molecule has 0 spiro atoms. The van der Waals surface area contributed by atoms with Crippen LogP contribution in [0.3, 0.4) is 0 Å². The van der Waals surface area contributed by atoms with Crippen molar-refractivity contribution in [2.75, 3.05) is 14.2 Å². The Morgan fingerprint density at radius 2 is 1.42 bits per heavy atom. The Hall–Kier alpha value is 0.354. The van der Waals surface area contributed by atoms with Crippen LogP contribution in [-0.2, 0) is 8.85 Å². The summed E-state index contributed by atoms with van der Waals surface area (Å²) in [5.74, 6) is 0. The molecule has 2 aliphatic rings. The lowest BCUT2D eigenvalue weighted by Crippen LogP contribution is -2.46. The fraction of sp³-hybridized carbons (Fsp3) is 1.00. The maximum Gasteiger partial charge on any atom is 0.337 e. The molecule has 2 rings (SSSR count). The predicted molar refractivity (Wildman–Crippen MR) is 54.0 cm³/mol. The van der Waals surface area contributed by atoms with Crippen LogP contribution in [0.2, 0.25) is 24.2 Å². The van der Waals surface area contributed by atoms with E-state index in [9.17, 15) is 0 Å². The van der Waals surface area contributed by atoms with E-state index in [0.717, 1.165) is 0 Å². The lowest BCUT2D eigenvalue weighted by atomic mass is 10.5. The Morgan fingerprint density at radius 3 is 1.42 bits per heavy atom. The largest absolute Gasteiger partial charge is 0.398 e. The highest BCUT2D eigenvalue weighted by molar-refractivity contribution is 6.70. The maximum absolute atomic E-state index is 5.24. The van der Waals surface area contributed by atoms with E-state index in [1.165, 1.54) is 46.5 Å². The van der Waals surface area contributed by atoms with E-state index >= 15 is 0 Å². The lowest BCUT2D eigenvalue weighted by Gasteiger charge is -2.34. The Bertz CT molecular complexity index is 105. The van der Waals surface area contributed by atoms with Crippen molar-refractivity contribution >= 4 is 18.1 Å². The van der Waals surface area contributed by atoms with Crippen molar-refractivity contribution < 1.29 is 8.85 Å². The molecular weight excluding hydrogens is 184 g/mol. The molecule has 70 valence electrons. The third-order valence-electron chi connectivity index (χ3n) is 2.57. The van der Waals surface area contributed by atoms with Crippen LogP contribution in [0.15, 0.2) is 0 Å². The SMILES string of the molecule is C1C[Si]C1.CO[Si]1(OC)CCC1. The fourth-order valence-corrected chi connectivity index (χ4v) is 3.40. The van der Waals surface area contributed by atoms with Crippen molar-refractivity contribution in [1.82, 2.24) is 0 Å². The molecule has 2 nitrogen and oxygen atoms in total. The lowest BCUT2D eigenvalue weighted by molar-refractivity contribution is 0.223. The van der Waals surface area contributed by atoms with E-state index < -0.39 is 8.56 Å². The summed E-state index contributed by atoms with van der Waals surface area (Å²) in [6.07, 6.45) is 2.81. The Morgan fingerprint density at radius 1 is 1.00 bits per heavy atom. The summed E-state index contributed by atoms with van der Waals surface area (Å²) in [7, 11) is 3.35. The summed E-state index contributed by atoms with van der Waals surface area (Å²) in [5.41, 5.74) is 0. The minimum Gasteiger partial charge on any atom is -0.398 e. The molecule has 0 N–H and O–H groups in total. The van der Waals surface area contributed by atoms with Crippen molar-refractivity contribution in [2.45, 2.75) is 37.0 Å². The predicted octanol–water partition coefficient (Wildman–Crippen LogP) is 2.06. The van der Waals surface area contributed by atoms with Gasteiger partial charge in [0.1, 0.15) is 0 Å². The zero-order chi connectivity index (χ0) is 8.86. The normalized spacial score (nSPS) is 24.5. The topological polar surface area (TPSA) is 18.5 Å². The van der Waals surface area contributed by atoms with Crippen LogP contribution < -0.4 is 0 Å². The second-order valence-corrected chi connectivity index (χ2v) is 8.41. The zero-order valence-electron chi connectivity index (χ0n) is 8.06. The molecule has 0 aromatic rings. The van der Waals surface area contributed by atoms with Gasteiger partial charge in [0.05, 0.1) is 0 Å². The zero-order valence-corrected chi connectivity index (χ0v) is 10.1. The van der Waals surface area contributed by atoms with Gasteiger partial charge >= 0.3 is 8.56 Å². The summed E-state index contributed by atoms with van der Waals surface area (Å²) in [5, 5.41) is 0. The van der Waals surface area contributed by atoms with Crippen LogP contribution in [0.5, 0.6) is 0 Å². The van der Waals surface area contributed by atoms with E-state index in [4.69, 9.17) is 8.85 Å². The second kappa shape index (κ2) is 5.16. The molecule has 0 bridgehead atoms. The van der Waals surface area contributed by atoms with Gasteiger partial charge in [-0.1, -0.05) is 18.5 Å². The summed E-state index contributed by atoms with van der Waals surface area (Å²) >= 11 is 0. The smallest absolute Gasteiger partial charge is 0.337 e. The molecule has 12 heavy (non-hydrogen) atoms. The molecule has 4 heteroatoms. The second-order valence-electron chi connectivity index (χ2n) is 3.28. The van der Waals surface area contributed by atoms with E-state index in [-0.39, 0.29) is 0 Å². The average molecular weight is 202 g/mol. The van der Waals surface area contributed by atoms with Gasteiger partial charge < -0.3 is 8.85 Å². The first kappa shape index (κ1) is 10.4. The van der Waals surface area contributed by atoms with Gasteiger partial charge in [-0.25, -0.2) is 0 Å². The first-order valence-corrected chi connectivity index (χ1v) is 8.28. The molecule has 2 aliphatic heterocycles. The van der Waals surface area contributed by atoms with Gasteiger partial charge in [-0.3, -0.25) is 0 Å². The Balaban J connectivity index is 0.000000150. The molecule has 0 aromatic carbocycles. The standard InChI is InChI=1S/C5H12O2Si.C3H6Si/c1-6-8(7-2)4-3-5-8;1-2-4-3-1/h3-5H2,1-2H3;1-3H2. The van der Waals surface area contributed by atoms with E-state index in [2.05, 4.69) is 0 Å². The molecule has 0 amide bonds. The van der Waals surface area contributed by atoms with Gasteiger partial charge in [-0.05, 0) is 18.5 Å². The van der Waals surface area contributed by atoms with Crippen molar-refractivity contribution in [2.24, 2.45) is 0 Å². The molecule has 0 atom stereocenters. The van der Waals surface area contributed by atoms with Gasteiger partial charge in [-0.2, -0.15) is 0 Å². The van der Waals surface area contributed by atoms with Crippen LogP contribution in [0.4, 0.5) is 0 Å². The molecule has 2 radical (unpaired) electrons. The van der Waals surface area contributed by atoms with Crippen LogP contribution >= 0.6 is 0 Å². The summed E-state index contributed by atoms with van der Waals surface area (Å²) < 4.78 is 10.5. The highest BCUT2D eigenvalue weighted by atomic mass is 28.4. The molecule has 0 saturated carbocycles. The quantitative estimate of drug-likeness (QED) is 0.638. The van der Waals surface area contributed by atoms with Gasteiger partial charge in [0.25, 0.3) is 0 Å². The first-order valence-electron chi connectivity index (χ1n) is 4.64. The summed E-state index contributed by atoms with van der Waals surface area (Å²) in [6.45, 7) is 0. The Labute approximate surface area is 78.7 Å². The van der Waals surface area contributed by atoms with Crippen LogP contribution in [0.1, 0.15) is 12.8 Å². The highest BCUT2D eigenvalue weighted by Gasteiger charge is 2.42. The number of hydrogen-bond acceptors (Lipinski definition) is 2. The van der Waals surface area contributed by atoms with Crippen molar-refractivity contribution in [3.8, 4) is 0 Å². The van der Waals surface area contributed by atoms with Crippen molar-refractivity contribution in [1.29, 1.82) is 0 Å². The van der Waals surface area contributed by atoms with Crippen LogP contribution in [-0.4, -0.2) is 32.3 Å². The molecule has 2 saturated heterocycles. The summed E-state index contributed by atoms with van der Waals surface area (Å²) in [4.78, 5) is 0. The van der Waals surface area contributed by atoms with E-state index in [1.54, 1.807) is 14.2 Å². The molecule has 2 fully saturated rings.